The summed E-state index contributed by atoms with van der Waals surface area (Å²) in [6.45, 7) is 4.05. The van der Waals surface area contributed by atoms with Crippen molar-refractivity contribution < 1.29 is 0 Å². The quantitative estimate of drug-likeness (QED) is 0.597. The van der Waals surface area contributed by atoms with Crippen molar-refractivity contribution in [3.63, 3.8) is 0 Å². The van der Waals surface area contributed by atoms with Crippen LogP contribution in [0.4, 0.5) is 5.82 Å². The van der Waals surface area contributed by atoms with Gasteiger partial charge in [0.1, 0.15) is 10.8 Å². The smallest absolute Gasteiger partial charge is 0.162 e. The lowest BCUT2D eigenvalue weighted by molar-refractivity contribution is 0.312. The molecule has 2 aromatic carbocycles. The molecular formula is C21H21ClN4S. The third-order valence-corrected chi connectivity index (χ3v) is 5.76. The lowest BCUT2D eigenvalue weighted by Gasteiger charge is -2.33. The van der Waals surface area contributed by atoms with E-state index in [0.717, 1.165) is 58.3 Å². The molecule has 138 valence electrons. The SMILES string of the molecule is CN1CCN(c2cc(Sc3ccc(Cl)cc3)nc(-c3ccccc3)n2)CC1. The third kappa shape index (κ3) is 4.61. The van der Waals surface area contributed by atoms with Crippen molar-refractivity contribution in [2.45, 2.75) is 9.92 Å². The first kappa shape index (κ1) is 18.3. The molecule has 27 heavy (non-hydrogen) atoms. The van der Waals surface area contributed by atoms with Crippen LogP contribution in [-0.4, -0.2) is 48.1 Å². The van der Waals surface area contributed by atoms with Crippen LogP contribution in [0.5, 0.6) is 0 Å². The summed E-state index contributed by atoms with van der Waals surface area (Å²) < 4.78 is 0. The highest BCUT2D eigenvalue weighted by atomic mass is 35.5. The zero-order valence-corrected chi connectivity index (χ0v) is 16.7. The molecule has 4 nitrogen and oxygen atoms in total. The number of hydrogen-bond donors (Lipinski definition) is 0. The Hall–Kier alpha value is -2.08. The number of likely N-dealkylation sites (N-methyl/N-ethyl adjacent to an activating group) is 1. The topological polar surface area (TPSA) is 32.3 Å². The Balaban J connectivity index is 1.69. The number of anilines is 1. The molecule has 4 rings (SSSR count). The van der Waals surface area contributed by atoms with Gasteiger partial charge in [-0.3, -0.25) is 0 Å². The summed E-state index contributed by atoms with van der Waals surface area (Å²) in [7, 11) is 2.16. The Morgan fingerprint density at radius 2 is 1.59 bits per heavy atom. The largest absolute Gasteiger partial charge is 0.354 e. The Morgan fingerprint density at radius 3 is 2.30 bits per heavy atom. The van der Waals surface area contributed by atoms with E-state index in [9.17, 15) is 0 Å². The van der Waals surface area contributed by atoms with Gasteiger partial charge in [-0.2, -0.15) is 0 Å². The molecular weight excluding hydrogens is 376 g/mol. The minimum Gasteiger partial charge on any atom is -0.354 e. The van der Waals surface area contributed by atoms with Crippen LogP contribution in [0.2, 0.25) is 5.02 Å². The van der Waals surface area contributed by atoms with E-state index in [1.807, 2.05) is 42.5 Å². The highest BCUT2D eigenvalue weighted by molar-refractivity contribution is 7.99. The number of rotatable bonds is 4. The molecule has 0 amide bonds. The number of hydrogen-bond acceptors (Lipinski definition) is 5. The van der Waals surface area contributed by atoms with Crippen LogP contribution >= 0.6 is 23.4 Å². The lowest BCUT2D eigenvalue weighted by atomic mass is 10.2. The molecule has 6 heteroatoms. The minimum absolute atomic E-state index is 0.741. The fourth-order valence-corrected chi connectivity index (χ4v) is 3.94. The standard InChI is InChI=1S/C21H21ClN4S/c1-25-11-13-26(14-12-25)19-15-20(27-18-9-7-17(22)8-10-18)24-21(23-19)16-5-3-2-4-6-16/h2-10,15H,11-14H2,1H3. The van der Waals surface area contributed by atoms with Gasteiger partial charge in [-0.15, -0.1) is 0 Å². The van der Waals surface area contributed by atoms with Gasteiger partial charge in [0.15, 0.2) is 5.82 Å². The minimum atomic E-state index is 0.741. The summed E-state index contributed by atoms with van der Waals surface area (Å²) >= 11 is 7.65. The van der Waals surface area contributed by atoms with E-state index in [1.165, 1.54) is 0 Å². The molecule has 0 atom stereocenters. The first-order valence-electron chi connectivity index (χ1n) is 8.99. The number of aromatic nitrogens is 2. The molecule has 1 aromatic heterocycles. The van der Waals surface area contributed by atoms with Gasteiger partial charge < -0.3 is 9.80 Å². The molecule has 0 bridgehead atoms. The van der Waals surface area contributed by atoms with Crippen molar-refractivity contribution in [2.24, 2.45) is 0 Å². The Labute approximate surface area is 169 Å². The first-order chi connectivity index (χ1) is 13.2. The molecule has 1 saturated heterocycles. The molecule has 0 N–H and O–H groups in total. The van der Waals surface area contributed by atoms with E-state index in [1.54, 1.807) is 11.8 Å². The van der Waals surface area contributed by atoms with Crippen molar-refractivity contribution in [1.82, 2.24) is 14.9 Å². The van der Waals surface area contributed by atoms with Gasteiger partial charge in [-0.1, -0.05) is 53.7 Å². The molecule has 0 spiro atoms. The zero-order valence-electron chi connectivity index (χ0n) is 15.2. The van der Waals surface area contributed by atoms with Crippen LogP contribution in [0.1, 0.15) is 0 Å². The van der Waals surface area contributed by atoms with Crippen LogP contribution in [0, 0.1) is 0 Å². The summed E-state index contributed by atoms with van der Waals surface area (Å²) in [6, 6.07) is 20.1. The summed E-state index contributed by atoms with van der Waals surface area (Å²) in [5.74, 6) is 1.76. The molecule has 0 radical (unpaired) electrons. The summed E-state index contributed by atoms with van der Waals surface area (Å²) in [4.78, 5) is 15.5. The summed E-state index contributed by atoms with van der Waals surface area (Å²) in [6.07, 6.45) is 0. The molecule has 0 aliphatic carbocycles. The van der Waals surface area contributed by atoms with E-state index in [4.69, 9.17) is 21.6 Å². The molecule has 1 fully saturated rings. The average molecular weight is 397 g/mol. The van der Waals surface area contributed by atoms with Crippen LogP contribution in [0.3, 0.4) is 0 Å². The number of benzene rings is 2. The van der Waals surface area contributed by atoms with Gasteiger partial charge >= 0.3 is 0 Å². The van der Waals surface area contributed by atoms with E-state index < -0.39 is 0 Å². The summed E-state index contributed by atoms with van der Waals surface area (Å²) in [5, 5.41) is 1.69. The van der Waals surface area contributed by atoms with E-state index in [2.05, 4.69) is 35.0 Å². The van der Waals surface area contributed by atoms with Crippen molar-refractivity contribution in [3.8, 4) is 11.4 Å². The van der Waals surface area contributed by atoms with Gasteiger partial charge in [0.25, 0.3) is 0 Å². The highest BCUT2D eigenvalue weighted by Crippen LogP contribution is 2.31. The molecule has 0 saturated carbocycles. The Morgan fingerprint density at radius 1 is 0.889 bits per heavy atom. The fraction of sp³-hybridized carbons (Fsp3) is 0.238. The van der Waals surface area contributed by atoms with Crippen molar-refractivity contribution in [3.05, 3.63) is 65.7 Å². The van der Waals surface area contributed by atoms with Crippen molar-refractivity contribution >= 4 is 29.2 Å². The van der Waals surface area contributed by atoms with E-state index in [-0.39, 0.29) is 0 Å². The van der Waals surface area contributed by atoms with Gasteiger partial charge in [0.05, 0.1) is 0 Å². The fourth-order valence-electron chi connectivity index (χ4n) is 3.00. The number of nitrogens with zero attached hydrogens (tertiary/aromatic N) is 4. The monoisotopic (exact) mass is 396 g/mol. The molecule has 0 unspecified atom stereocenters. The van der Waals surface area contributed by atoms with Gasteiger partial charge in [0.2, 0.25) is 0 Å². The second-order valence-corrected chi connectivity index (χ2v) is 8.13. The maximum atomic E-state index is 6.01. The Kier molecular flexibility index (Phi) is 5.62. The van der Waals surface area contributed by atoms with Gasteiger partial charge in [-0.05, 0) is 31.3 Å². The second kappa shape index (κ2) is 8.30. The van der Waals surface area contributed by atoms with E-state index >= 15 is 0 Å². The number of halogens is 1. The van der Waals surface area contributed by atoms with Crippen LogP contribution < -0.4 is 4.90 Å². The third-order valence-electron chi connectivity index (χ3n) is 4.58. The van der Waals surface area contributed by atoms with Crippen LogP contribution in [0.15, 0.2) is 70.6 Å². The zero-order chi connectivity index (χ0) is 18.6. The van der Waals surface area contributed by atoms with E-state index in [0.29, 0.717) is 0 Å². The van der Waals surface area contributed by atoms with Crippen molar-refractivity contribution in [1.29, 1.82) is 0 Å². The molecule has 2 heterocycles. The molecule has 1 aliphatic rings. The van der Waals surface area contributed by atoms with Crippen LogP contribution in [-0.2, 0) is 0 Å². The highest BCUT2D eigenvalue weighted by Gasteiger charge is 2.18. The maximum absolute atomic E-state index is 6.01. The molecule has 3 aromatic rings. The normalized spacial score (nSPS) is 15.1. The van der Waals surface area contributed by atoms with Gasteiger partial charge in [-0.25, -0.2) is 9.97 Å². The molecule has 1 aliphatic heterocycles. The lowest BCUT2D eigenvalue weighted by Crippen LogP contribution is -2.44. The summed E-state index contributed by atoms with van der Waals surface area (Å²) in [5.41, 5.74) is 1.03. The first-order valence-corrected chi connectivity index (χ1v) is 10.2. The predicted molar refractivity (Wildman–Crippen MR) is 113 cm³/mol. The average Bonchev–Trinajstić information content (AvgIpc) is 2.71. The number of piperazine rings is 1. The Bertz CT molecular complexity index is 894. The second-order valence-electron chi connectivity index (χ2n) is 6.60. The van der Waals surface area contributed by atoms with Crippen molar-refractivity contribution in [2.75, 3.05) is 38.1 Å². The van der Waals surface area contributed by atoms with Crippen LogP contribution in [0.25, 0.3) is 11.4 Å². The maximum Gasteiger partial charge on any atom is 0.162 e. The van der Waals surface area contributed by atoms with Gasteiger partial charge in [0, 0.05) is 47.7 Å². The predicted octanol–water partition coefficient (Wildman–Crippen LogP) is 4.70.